The molecule has 3 N–H and O–H groups in total. The number of para-hydroxylation sites is 1. The van der Waals surface area contributed by atoms with Crippen LogP contribution >= 0.6 is 0 Å². The molecule has 0 saturated heterocycles. The SMILES string of the molecule is CC(=O)NNC(=O)c1n[nH]c2ccccc12. The molecule has 0 unspecified atom stereocenters. The van der Waals surface area contributed by atoms with Crippen LogP contribution in [0.15, 0.2) is 24.3 Å². The highest BCUT2D eigenvalue weighted by Crippen LogP contribution is 2.14. The van der Waals surface area contributed by atoms with E-state index in [0.717, 1.165) is 5.52 Å². The maximum atomic E-state index is 11.6. The van der Waals surface area contributed by atoms with Crippen LogP contribution in [0.3, 0.4) is 0 Å². The molecule has 2 aromatic rings. The summed E-state index contributed by atoms with van der Waals surface area (Å²) in [5, 5.41) is 7.33. The molecule has 16 heavy (non-hydrogen) atoms. The van der Waals surface area contributed by atoms with Gasteiger partial charge in [0.1, 0.15) is 0 Å². The largest absolute Gasteiger partial charge is 0.290 e. The van der Waals surface area contributed by atoms with E-state index < -0.39 is 5.91 Å². The Morgan fingerprint density at radius 1 is 1.25 bits per heavy atom. The van der Waals surface area contributed by atoms with Crippen molar-refractivity contribution in [3.8, 4) is 0 Å². The van der Waals surface area contributed by atoms with Crippen molar-refractivity contribution >= 4 is 22.7 Å². The van der Waals surface area contributed by atoms with Gasteiger partial charge in [0.2, 0.25) is 5.91 Å². The predicted octanol–water partition coefficient (Wildman–Crippen LogP) is 0.344. The minimum atomic E-state index is -0.451. The lowest BCUT2D eigenvalue weighted by Gasteiger charge is -2.02. The third-order valence-electron chi connectivity index (χ3n) is 2.04. The summed E-state index contributed by atoms with van der Waals surface area (Å²) in [5.41, 5.74) is 5.49. The first kappa shape index (κ1) is 10.2. The molecule has 0 aliphatic rings. The summed E-state index contributed by atoms with van der Waals surface area (Å²) in [5.74, 6) is -0.791. The van der Waals surface area contributed by atoms with Crippen molar-refractivity contribution in [1.29, 1.82) is 0 Å². The van der Waals surface area contributed by atoms with Gasteiger partial charge in [-0.05, 0) is 6.07 Å². The summed E-state index contributed by atoms with van der Waals surface area (Å²) in [6.07, 6.45) is 0. The van der Waals surface area contributed by atoms with E-state index in [4.69, 9.17) is 0 Å². The minimum absolute atomic E-state index is 0.254. The molecule has 0 spiro atoms. The Bertz CT molecular complexity index is 546. The fourth-order valence-corrected chi connectivity index (χ4v) is 1.34. The normalized spacial score (nSPS) is 10.1. The fraction of sp³-hybridized carbons (Fsp3) is 0.100. The average molecular weight is 218 g/mol. The number of nitrogens with one attached hydrogen (secondary N) is 3. The van der Waals surface area contributed by atoms with E-state index in [1.165, 1.54) is 6.92 Å². The van der Waals surface area contributed by atoms with Crippen molar-refractivity contribution in [1.82, 2.24) is 21.0 Å². The number of carbonyl (C=O) groups excluding carboxylic acids is 2. The van der Waals surface area contributed by atoms with Crippen LogP contribution in [-0.2, 0) is 4.79 Å². The van der Waals surface area contributed by atoms with Crippen LogP contribution in [0.1, 0.15) is 17.4 Å². The maximum absolute atomic E-state index is 11.6. The van der Waals surface area contributed by atoms with Crippen LogP contribution in [-0.4, -0.2) is 22.0 Å². The smallest absolute Gasteiger partial charge is 0.277 e. The first-order chi connectivity index (χ1) is 7.68. The van der Waals surface area contributed by atoms with Crippen molar-refractivity contribution in [2.45, 2.75) is 6.92 Å². The predicted molar refractivity (Wildman–Crippen MR) is 57.4 cm³/mol. The van der Waals surface area contributed by atoms with Gasteiger partial charge in [0, 0.05) is 12.3 Å². The number of H-pyrrole nitrogens is 1. The van der Waals surface area contributed by atoms with Crippen LogP contribution in [0.5, 0.6) is 0 Å². The number of aromatic nitrogens is 2. The van der Waals surface area contributed by atoms with E-state index in [2.05, 4.69) is 21.0 Å². The fourth-order valence-electron chi connectivity index (χ4n) is 1.34. The first-order valence-electron chi connectivity index (χ1n) is 4.68. The summed E-state index contributed by atoms with van der Waals surface area (Å²) >= 11 is 0. The van der Waals surface area contributed by atoms with Crippen molar-refractivity contribution in [2.75, 3.05) is 0 Å². The molecule has 0 saturated carbocycles. The molecule has 0 fully saturated rings. The number of hydrazine groups is 1. The second kappa shape index (κ2) is 4.01. The van der Waals surface area contributed by atoms with E-state index in [1.807, 2.05) is 18.2 Å². The summed E-state index contributed by atoms with van der Waals surface area (Å²) in [4.78, 5) is 22.2. The molecule has 2 rings (SSSR count). The summed E-state index contributed by atoms with van der Waals surface area (Å²) in [7, 11) is 0. The standard InChI is InChI=1S/C10H10N4O2/c1-6(15)11-14-10(16)9-7-4-2-3-5-8(7)12-13-9/h2-5H,1H3,(H,11,15)(H,12,13)(H,14,16). The third-order valence-corrected chi connectivity index (χ3v) is 2.04. The van der Waals surface area contributed by atoms with Gasteiger partial charge >= 0.3 is 0 Å². The van der Waals surface area contributed by atoms with E-state index in [-0.39, 0.29) is 11.6 Å². The van der Waals surface area contributed by atoms with E-state index in [9.17, 15) is 9.59 Å². The minimum Gasteiger partial charge on any atom is -0.277 e. The molecular formula is C10H10N4O2. The second-order valence-corrected chi connectivity index (χ2v) is 3.25. The van der Waals surface area contributed by atoms with Gasteiger partial charge in [-0.15, -0.1) is 0 Å². The zero-order valence-corrected chi connectivity index (χ0v) is 8.57. The van der Waals surface area contributed by atoms with Gasteiger partial charge in [-0.3, -0.25) is 25.5 Å². The number of benzene rings is 1. The Morgan fingerprint density at radius 2 is 2.00 bits per heavy atom. The van der Waals surface area contributed by atoms with Crippen molar-refractivity contribution in [3.05, 3.63) is 30.0 Å². The van der Waals surface area contributed by atoms with E-state index >= 15 is 0 Å². The van der Waals surface area contributed by atoms with Crippen LogP contribution < -0.4 is 10.9 Å². The Kier molecular flexibility index (Phi) is 2.55. The zero-order valence-electron chi connectivity index (χ0n) is 8.57. The van der Waals surface area contributed by atoms with Crippen LogP contribution in [0, 0.1) is 0 Å². The molecule has 0 bridgehead atoms. The molecule has 1 aromatic carbocycles. The van der Waals surface area contributed by atoms with Gasteiger partial charge in [0.15, 0.2) is 5.69 Å². The monoisotopic (exact) mass is 218 g/mol. The van der Waals surface area contributed by atoms with Crippen molar-refractivity contribution in [3.63, 3.8) is 0 Å². The second-order valence-electron chi connectivity index (χ2n) is 3.25. The lowest BCUT2D eigenvalue weighted by atomic mass is 10.2. The highest BCUT2D eigenvalue weighted by Gasteiger charge is 2.13. The van der Waals surface area contributed by atoms with Crippen LogP contribution in [0.25, 0.3) is 10.9 Å². The van der Waals surface area contributed by atoms with Crippen molar-refractivity contribution < 1.29 is 9.59 Å². The van der Waals surface area contributed by atoms with E-state index in [1.54, 1.807) is 6.07 Å². The highest BCUT2D eigenvalue weighted by atomic mass is 16.2. The number of carbonyl (C=O) groups is 2. The van der Waals surface area contributed by atoms with Gasteiger partial charge < -0.3 is 0 Å². The topological polar surface area (TPSA) is 86.9 Å². The van der Waals surface area contributed by atoms with Gasteiger partial charge in [-0.25, -0.2) is 0 Å². The number of amides is 2. The molecule has 0 aliphatic carbocycles. The van der Waals surface area contributed by atoms with Gasteiger partial charge in [-0.1, -0.05) is 18.2 Å². The quantitative estimate of drug-likeness (QED) is 0.603. The van der Waals surface area contributed by atoms with Crippen molar-refractivity contribution in [2.24, 2.45) is 0 Å². The highest BCUT2D eigenvalue weighted by molar-refractivity contribution is 6.04. The zero-order chi connectivity index (χ0) is 11.5. The van der Waals surface area contributed by atoms with Gasteiger partial charge in [-0.2, -0.15) is 5.10 Å². The molecular weight excluding hydrogens is 208 g/mol. The third kappa shape index (κ3) is 1.85. The molecule has 6 nitrogen and oxygen atoms in total. The number of hydrogen-bond acceptors (Lipinski definition) is 3. The number of hydrogen-bond donors (Lipinski definition) is 3. The molecule has 2 amide bonds. The first-order valence-corrected chi connectivity index (χ1v) is 4.68. The summed E-state index contributed by atoms with van der Waals surface area (Å²) < 4.78 is 0. The maximum Gasteiger partial charge on any atom is 0.290 e. The Balaban J connectivity index is 2.26. The Hall–Kier alpha value is -2.37. The van der Waals surface area contributed by atoms with Crippen LogP contribution in [0.4, 0.5) is 0 Å². The summed E-state index contributed by atoms with van der Waals surface area (Å²) in [6, 6.07) is 7.25. The summed E-state index contributed by atoms with van der Waals surface area (Å²) in [6.45, 7) is 1.31. The van der Waals surface area contributed by atoms with Gasteiger partial charge in [0.05, 0.1) is 5.52 Å². The molecule has 1 heterocycles. The van der Waals surface area contributed by atoms with Gasteiger partial charge in [0.25, 0.3) is 5.91 Å². The number of aromatic amines is 1. The molecule has 82 valence electrons. The number of nitrogens with zero attached hydrogens (tertiary/aromatic N) is 1. The molecule has 0 atom stereocenters. The van der Waals surface area contributed by atoms with Crippen LogP contribution in [0.2, 0.25) is 0 Å². The molecule has 0 radical (unpaired) electrons. The Morgan fingerprint density at radius 3 is 2.75 bits per heavy atom. The lowest BCUT2D eigenvalue weighted by molar-refractivity contribution is -0.119. The van der Waals surface area contributed by atoms with E-state index in [0.29, 0.717) is 5.39 Å². The molecule has 1 aromatic heterocycles. The molecule has 6 heteroatoms. The average Bonchev–Trinajstić information content (AvgIpc) is 2.69. The molecule has 0 aliphatic heterocycles. The number of rotatable bonds is 1. The Labute approximate surface area is 91.0 Å². The lowest BCUT2D eigenvalue weighted by Crippen LogP contribution is -2.40. The number of fused-ring (bicyclic) bond motifs is 1.